The number of rotatable bonds is 7. The van der Waals surface area contributed by atoms with Gasteiger partial charge >= 0.3 is 11.8 Å². The summed E-state index contributed by atoms with van der Waals surface area (Å²) in [5.41, 5.74) is 2.87. The summed E-state index contributed by atoms with van der Waals surface area (Å²) < 4.78 is 0. The highest BCUT2D eigenvalue weighted by Crippen LogP contribution is 2.20. The molecule has 0 saturated heterocycles. The number of amides is 2. The minimum absolute atomic E-state index is 0.0336. The van der Waals surface area contributed by atoms with E-state index in [1.807, 2.05) is 68.3 Å². The molecule has 27 heavy (non-hydrogen) atoms. The van der Waals surface area contributed by atoms with Crippen molar-refractivity contribution in [3.8, 4) is 0 Å². The molecule has 0 radical (unpaired) electrons. The summed E-state index contributed by atoms with van der Waals surface area (Å²) in [6.07, 6.45) is 1.64. The van der Waals surface area contributed by atoms with Crippen molar-refractivity contribution in [2.24, 2.45) is 0 Å². The number of pyridine rings is 1. The van der Waals surface area contributed by atoms with E-state index in [0.717, 1.165) is 11.3 Å². The normalized spacial score (nSPS) is 11.7. The first-order valence-electron chi connectivity index (χ1n) is 8.78. The van der Waals surface area contributed by atoms with Crippen LogP contribution in [-0.4, -0.2) is 56.4 Å². The molecule has 1 heterocycles. The second-order valence-corrected chi connectivity index (χ2v) is 6.68. The van der Waals surface area contributed by atoms with Crippen LogP contribution in [0.15, 0.2) is 48.7 Å². The quantitative estimate of drug-likeness (QED) is 0.717. The van der Waals surface area contributed by atoms with Gasteiger partial charge in [0.15, 0.2) is 0 Å². The molecule has 2 rings (SSSR count). The van der Waals surface area contributed by atoms with Crippen LogP contribution in [0.1, 0.15) is 17.3 Å². The molecule has 7 nitrogen and oxygen atoms in total. The highest BCUT2D eigenvalue weighted by Gasteiger charge is 2.18. The van der Waals surface area contributed by atoms with E-state index in [1.54, 1.807) is 18.3 Å². The monoisotopic (exact) mass is 369 g/mol. The standard InChI is InChI=1S/C20H27N5O2/c1-24(2)17-10-8-15(9-11-17)18(25(3)4)14-23-20(27)19(26)22-13-16-7-5-6-12-21-16/h5-12,18H,13-14H2,1-4H3,(H,22,26)(H,23,27)/t18-/m1/s1. The van der Waals surface area contributed by atoms with E-state index < -0.39 is 11.8 Å². The zero-order valence-electron chi connectivity index (χ0n) is 16.3. The lowest BCUT2D eigenvalue weighted by molar-refractivity contribution is -0.139. The highest BCUT2D eigenvalue weighted by molar-refractivity contribution is 6.35. The fourth-order valence-electron chi connectivity index (χ4n) is 2.62. The Morgan fingerprint density at radius 3 is 2.19 bits per heavy atom. The Morgan fingerprint density at radius 1 is 0.963 bits per heavy atom. The van der Waals surface area contributed by atoms with Gasteiger partial charge in [-0.15, -0.1) is 0 Å². The largest absolute Gasteiger partial charge is 0.378 e. The fraction of sp³-hybridized carbons (Fsp3) is 0.350. The van der Waals surface area contributed by atoms with E-state index in [0.29, 0.717) is 12.2 Å². The summed E-state index contributed by atoms with van der Waals surface area (Å²) in [4.78, 5) is 32.2. The van der Waals surface area contributed by atoms with Gasteiger partial charge in [-0.05, 0) is 43.9 Å². The van der Waals surface area contributed by atoms with Crippen LogP contribution in [0.25, 0.3) is 0 Å². The lowest BCUT2D eigenvalue weighted by Crippen LogP contribution is -2.43. The van der Waals surface area contributed by atoms with Crippen molar-refractivity contribution in [1.29, 1.82) is 0 Å². The number of benzene rings is 1. The molecule has 0 saturated carbocycles. The van der Waals surface area contributed by atoms with Crippen LogP contribution in [0.2, 0.25) is 0 Å². The third-order valence-electron chi connectivity index (χ3n) is 4.24. The second kappa shape index (κ2) is 9.68. The minimum atomic E-state index is -0.666. The molecule has 0 aliphatic heterocycles. The summed E-state index contributed by atoms with van der Waals surface area (Å²) in [5, 5.41) is 5.29. The number of nitrogens with one attached hydrogen (secondary N) is 2. The zero-order chi connectivity index (χ0) is 19.8. The molecule has 0 unspecified atom stereocenters. The molecular weight excluding hydrogens is 342 g/mol. The Bertz CT molecular complexity index is 745. The molecule has 144 valence electrons. The predicted octanol–water partition coefficient (Wildman–Crippen LogP) is 1.18. The Labute approximate surface area is 160 Å². The second-order valence-electron chi connectivity index (χ2n) is 6.68. The molecule has 0 bridgehead atoms. The number of aromatic nitrogens is 1. The molecule has 0 aliphatic carbocycles. The van der Waals surface area contributed by atoms with E-state index in [9.17, 15) is 9.59 Å². The average molecular weight is 369 g/mol. The molecule has 2 N–H and O–H groups in total. The molecule has 1 aromatic carbocycles. The van der Waals surface area contributed by atoms with Gasteiger partial charge < -0.3 is 20.4 Å². The maximum atomic E-state index is 12.1. The van der Waals surface area contributed by atoms with Gasteiger partial charge in [-0.1, -0.05) is 18.2 Å². The minimum Gasteiger partial charge on any atom is -0.378 e. The van der Waals surface area contributed by atoms with E-state index in [4.69, 9.17) is 0 Å². The molecule has 2 amide bonds. The molecule has 0 aliphatic rings. The highest BCUT2D eigenvalue weighted by atomic mass is 16.2. The first-order chi connectivity index (χ1) is 12.9. The van der Waals surface area contributed by atoms with Crippen molar-refractivity contribution in [3.05, 3.63) is 59.9 Å². The van der Waals surface area contributed by atoms with Gasteiger partial charge in [-0.2, -0.15) is 0 Å². The van der Waals surface area contributed by atoms with Crippen molar-refractivity contribution in [1.82, 2.24) is 20.5 Å². The van der Waals surface area contributed by atoms with Crippen LogP contribution in [0.4, 0.5) is 5.69 Å². The van der Waals surface area contributed by atoms with Crippen LogP contribution in [-0.2, 0) is 16.1 Å². The lowest BCUT2D eigenvalue weighted by atomic mass is 10.1. The summed E-state index contributed by atoms with van der Waals surface area (Å²) in [6.45, 7) is 0.556. The molecule has 0 spiro atoms. The van der Waals surface area contributed by atoms with Gasteiger partial charge in [-0.25, -0.2) is 0 Å². The van der Waals surface area contributed by atoms with Gasteiger partial charge in [0.2, 0.25) is 0 Å². The fourth-order valence-corrected chi connectivity index (χ4v) is 2.62. The van der Waals surface area contributed by atoms with Gasteiger partial charge in [-0.3, -0.25) is 14.6 Å². The number of nitrogens with zero attached hydrogens (tertiary/aromatic N) is 3. The zero-order valence-corrected chi connectivity index (χ0v) is 16.3. The van der Waals surface area contributed by atoms with Gasteiger partial charge in [0.05, 0.1) is 18.3 Å². The third-order valence-corrected chi connectivity index (χ3v) is 4.24. The van der Waals surface area contributed by atoms with Crippen molar-refractivity contribution in [3.63, 3.8) is 0 Å². The number of carbonyl (C=O) groups is 2. The van der Waals surface area contributed by atoms with Crippen LogP contribution in [0, 0.1) is 0 Å². The topological polar surface area (TPSA) is 77.6 Å². The van der Waals surface area contributed by atoms with Crippen molar-refractivity contribution >= 4 is 17.5 Å². The smallest absolute Gasteiger partial charge is 0.309 e. The van der Waals surface area contributed by atoms with Crippen molar-refractivity contribution < 1.29 is 9.59 Å². The average Bonchev–Trinajstić information content (AvgIpc) is 2.67. The van der Waals surface area contributed by atoms with Crippen LogP contribution < -0.4 is 15.5 Å². The first kappa shape index (κ1) is 20.4. The number of hydrogen-bond acceptors (Lipinski definition) is 5. The van der Waals surface area contributed by atoms with Gasteiger partial charge in [0, 0.05) is 32.5 Å². The number of hydrogen-bond donors (Lipinski definition) is 2. The first-order valence-corrected chi connectivity index (χ1v) is 8.78. The molecule has 1 atom stereocenters. The number of anilines is 1. The van der Waals surface area contributed by atoms with Crippen LogP contribution in [0.5, 0.6) is 0 Å². The number of likely N-dealkylation sites (N-methyl/N-ethyl adjacent to an activating group) is 1. The van der Waals surface area contributed by atoms with Crippen LogP contribution in [0.3, 0.4) is 0 Å². The predicted molar refractivity (Wildman–Crippen MR) is 106 cm³/mol. The lowest BCUT2D eigenvalue weighted by Gasteiger charge is -2.25. The van der Waals surface area contributed by atoms with Gasteiger partial charge in [0.25, 0.3) is 0 Å². The maximum absolute atomic E-state index is 12.1. The summed E-state index contributed by atoms with van der Waals surface area (Å²) in [6, 6.07) is 13.5. The van der Waals surface area contributed by atoms with E-state index in [1.165, 1.54) is 0 Å². The summed E-state index contributed by atoms with van der Waals surface area (Å²) >= 11 is 0. The number of carbonyl (C=O) groups excluding carboxylic acids is 2. The van der Waals surface area contributed by atoms with E-state index >= 15 is 0 Å². The van der Waals surface area contributed by atoms with E-state index in [-0.39, 0.29) is 12.6 Å². The van der Waals surface area contributed by atoms with Crippen molar-refractivity contribution in [2.45, 2.75) is 12.6 Å². The van der Waals surface area contributed by atoms with Crippen molar-refractivity contribution in [2.75, 3.05) is 39.6 Å². The Kier molecular flexibility index (Phi) is 7.31. The summed E-state index contributed by atoms with van der Waals surface area (Å²) in [5.74, 6) is -1.32. The Hall–Kier alpha value is -2.93. The maximum Gasteiger partial charge on any atom is 0.309 e. The van der Waals surface area contributed by atoms with Gasteiger partial charge in [0.1, 0.15) is 0 Å². The Balaban J connectivity index is 1.90. The Morgan fingerprint density at radius 2 is 1.63 bits per heavy atom. The van der Waals surface area contributed by atoms with E-state index in [2.05, 4.69) is 15.6 Å². The molecular formula is C20H27N5O2. The molecule has 0 fully saturated rings. The SMILES string of the molecule is CN(C)c1ccc([C@@H](CNC(=O)C(=O)NCc2ccccn2)N(C)C)cc1. The third kappa shape index (κ3) is 6.07. The molecule has 7 heteroatoms. The molecule has 1 aromatic heterocycles. The molecule has 2 aromatic rings. The van der Waals surface area contributed by atoms with Crippen LogP contribution >= 0.6 is 0 Å². The summed E-state index contributed by atoms with van der Waals surface area (Å²) in [7, 11) is 7.86.